The van der Waals surface area contributed by atoms with Crippen LogP contribution in [0, 0.1) is 12.3 Å². The van der Waals surface area contributed by atoms with Gasteiger partial charge in [-0.2, -0.15) is 0 Å². The summed E-state index contributed by atoms with van der Waals surface area (Å²) in [5.41, 5.74) is 2.27. The van der Waals surface area contributed by atoms with Gasteiger partial charge in [0, 0.05) is 23.2 Å². The van der Waals surface area contributed by atoms with E-state index in [9.17, 15) is 4.79 Å². The van der Waals surface area contributed by atoms with E-state index in [1.165, 1.54) is 11.3 Å². The van der Waals surface area contributed by atoms with Gasteiger partial charge in [0.1, 0.15) is 0 Å². The van der Waals surface area contributed by atoms with E-state index >= 15 is 0 Å². The number of carbonyl (C=O) groups is 1. The van der Waals surface area contributed by atoms with Crippen LogP contribution in [0.15, 0.2) is 22.7 Å². The number of aliphatic carboxylic acids is 1. The van der Waals surface area contributed by atoms with Gasteiger partial charge < -0.3 is 10.0 Å². The number of carboxylic acids is 1. The quantitative estimate of drug-likeness (QED) is 0.929. The van der Waals surface area contributed by atoms with Gasteiger partial charge >= 0.3 is 5.97 Å². The van der Waals surface area contributed by atoms with Crippen LogP contribution in [0.1, 0.15) is 25.3 Å². The lowest BCUT2D eigenvalue weighted by atomic mass is 9.86. The molecule has 1 N–H and O–H groups in total. The molecule has 0 spiro atoms. The van der Waals surface area contributed by atoms with Crippen LogP contribution >= 0.6 is 15.9 Å². The highest BCUT2D eigenvalue weighted by molar-refractivity contribution is 9.10. The molecule has 0 saturated carbocycles. The number of anilines is 1. The molecule has 1 aromatic carbocycles. The van der Waals surface area contributed by atoms with Crippen LogP contribution in [0.3, 0.4) is 0 Å². The van der Waals surface area contributed by atoms with E-state index in [2.05, 4.69) is 52.9 Å². The standard InChI is InChI=1S/C14H18BrNO2/c1-10-3-4-11(7-12(10)15)16-6-5-14(2,9-16)8-13(17)18/h3-4,7H,5-6,8-9H2,1-2H3,(H,17,18). The molecular formula is C14H18BrNO2. The van der Waals surface area contributed by atoms with Crippen molar-refractivity contribution in [1.29, 1.82) is 0 Å². The highest BCUT2D eigenvalue weighted by Gasteiger charge is 2.35. The first-order valence-electron chi connectivity index (χ1n) is 6.13. The Morgan fingerprint density at radius 3 is 2.89 bits per heavy atom. The van der Waals surface area contributed by atoms with Crippen LogP contribution in [-0.4, -0.2) is 24.2 Å². The fraction of sp³-hybridized carbons (Fsp3) is 0.500. The van der Waals surface area contributed by atoms with Gasteiger partial charge in [-0.3, -0.25) is 4.79 Å². The molecule has 1 heterocycles. The monoisotopic (exact) mass is 311 g/mol. The molecule has 0 amide bonds. The molecule has 0 aliphatic carbocycles. The molecule has 1 atom stereocenters. The van der Waals surface area contributed by atoms with E-state index in [-0.39, 0.29) is 11.8 Å². The van der Waals surface area contributed by atoms with Crippen molar-refractivity contribution >= 4 is 27.6 Å². The summed E-state index contributed by atoms with van der Waals surface area (Å²) in [6.45, 7) is 5.87. The lowest BCUT2D eigenvalue weighted by molar-refractivity contribution is -0.139. The second kappa shape index (κ2) is 4.92. The number of benzene rings is 1. The van der Waals surface area contributed by atoms with Crippen LogP contribution in [0.25, 0.3) is 0 Å². The molecule has 0 radical (unpaired) electrons. The summed E-state index contributed by atoms with van der Waals surface area (Å²) >= 11 is 3.54. The van der Waals surface area contributed by atoms with Crippen molar-refractivity contribution in [3.05, 3.63) is 28.2 Å². The third-order valence-corrected chi connectivity index (χ3v) is 4.51. The highest BCUT2D eigenvalue weighted by atomic mass is 79.9. The third-order valence-electron chi connectivity index (χ3n) is 3.66. The van der Waals surface area contributed by atoms with Crippen molar-refractivity contribution in [1.82, 2.24) is 0 Å². The number of aryl methyl sites for hydroxylation is 1. The Kier molecular flexibility index (Phi) is 3.66. The van der Waals surface area contributed by atoms with Gasteiger partial charge in [-0.1, -0.05) is 28.9 Å². The highest BCUT2D eigenvalue weighted by Crippen LogP contribution is 2.36. The van der Waals surface area contributed by atoms with E-state index in [1.54, 1.807) is 0 Å². The molecular weight excluding hydrogens is 294 g/mol. The van der Waals surface area contributed by atoms with E-state index < -0.39 is 5.97 Å². The predicted octanol–water partition coefficient (Wildman–Crippen LogP) is 3.45. The van der Waals surface area contributed by atoms with Gasteiger partial charge in [-0.25, -0.2) is 0 Å². The molecule has 0 bridgehead atoms. The summed E-state index contributed by atoms with van der Waals surface area (Å²) in [6, 6.07) is 6.31. The summed E-state index contributed by atoms with van der Waals surface area (Å²) in [7, 11) is 0. The van der Waals surface area contributed by atoms with Crippen LogP contribution in [0.5, 0.6) is 0 Å². The van der Waals surface area contributed by atoms with E-state index in [0.29, 0.717) is 0 Å². The maximum atomic E-state index is 10.9. The van der Waals surface area contributed by atoms with Gasteiger partial charge in [-0.15, -0.1) is 0 Å². The van der Waals surface area contributed by atoms with Crippen molar-refractivity contribution in [3.63, 3.8) is 0 Å². The second-order valence-electron chi connectivity index (χ2n) is 5.49. The van der Waals surface area contributed by atoms with Crippen molar-refractivity contribution in [3.8, 4) is 0 Å². The molecule has 1 saturated heterocycles. The number of nitrogens with zero attached hydrogens (tertiary/aromatic N) is 1. The molecule has 1 fully saturated rings. The van der Waals surface area contributed by atoms with Crippen LogP contribution < -0.4 is 4.90 Å². The van der Waals surface area contributed by atoms with Gasteiger partial charge in [0.05, 0.1) is 6.42 Å². The first kappa shape index (κ1) is 13.4. The third kappa shape index (κ3) is 2.86. The zero-order valence-electron chi connectivity index (χ0n) is 10.7. The Labute approximate surface area is 116 Å². The van der Waals surface area contributed by atoms with Gasteiger partial charge in [0.15, 0.2) is 0 Å². The van der Waals surface area contributed by atoms with Crippen molar-refractivity contribution in [2.24, 2.45) is 5.41 Å². The molecule has 4 heteroatoms. The Morgan fingerprint density at radius 2 is 2.28 bits per heavy atom. The molecule has 1 unspecified atom stereocenters. The maximum Gasteiger partial charge on any atom is 0.303 e. The van der Waals surface area contributed by atoms with Gasteiger partial charge in [0.2, 0.25) is 0 Å². The average Bonchev–Trinajstić information content (AvgIpc) is 2.63. The minimum absolute atomic E-state index is 0.108. The zero-order chi connectivity index (χ0) is 13.3. The van der Waals surface area contributed by atoms with Crippen LogP contribution in [-0.2, 0) is 4.79 Å². The second-order valence-corrected chi connectivity index (χ2v) is 6.34. The Bertz CT molecular complexity index is 475. The molecule has 1 aromatic rings. The maximum absolute atomic E-state index is 10.9. The Hall–Kier alpha value is -1.03. The molecule has 1 aliphatic rings. The van der Waals surface area contributed by atoms with Crippen molar-refractivity contribution in [2.75, 3.05) is 18.0 Å². The van der Waals surface area contributed by atoms with Crippen molar-refractivity contribution in [2.45, 2.75) is 26.7 Å². The molecule has 98 valence electrons. The van der Waals surface area contributed by atoms with E-state index in [0.717, 1.165) is 24.0 Å². The summed E-state index contributed by atoms with van der Waals surface area (Å²) in [5, 5.41) is 8.95. The molecule has 2 rings (SSSR count). The molecule has 1 aliphatic heterocycles. The largest absolute Gasteiger partial charge is 0.481 e. The van der Waals surface area contributed by atoms with E-state index in [1.807, 2.05) is 0 Å². The Morgan fingerprint density at radius 1 is 1.56 bits per heavy atom. The zero-order valence-corrected chi connectivity index (χ0v) is 12.3. The first-order chi connectivity index (χ1) is 8.39. The fourth-order valence-electron chi connectivity index (χ4n) is 2.53. The summed E-state index contributed by atoms with van der Waals surface area (Å²) in [4.78, 5) is 13.1. The molecule has 18 heavy (non-hydrogen) atoms. The number of rotatable bonds is 3. The first-order valence-corrected chi connectivity index (χ1v) is 6.92. The van der Waals surface area contributed by atoms with Crippen LogP contribution in [0.4, 0.5) is 5.69 Å². The smallest absolute Gasteiger partial charge is 0.303 e. The fourth-order valence-corrected chi connectivity index (χ4v) is 2.90. The van der Waals surface area contributed by atoms with Gasteiger partial charge in [-0.05, 0) is 36.5 Å². The number of hydrogen-bond acceptors (Lipinski definition) is 2. The SMILES string of the molecule is Cc1ccc(N2CCC(C)(CC(=O)O)C2)cc1Br. The predicted molar refractivity (Wildman–Crippen MR) is 76.1 cm³/mol. The van der Waals surface area contributed by atoms with Gasteiger partial charge in [0.25, 0.3) is 0 Å². The topological polar surface area (TPSA) is 40.5 Å². The number of hydrogen-bond donors (Lipinski definition) is 1. The number of halogens is 1. The lowest BCUT2D eigenvalue weighted by Crippen LogP contribution is -2.26. The summed E-state index contributed by atoms with van der Waals surface area (Å²) in [6.07, 6.45) is 1.18. The normalized spacial score (nSPS) is 23.4. The Balaban J connectivity index is 2.12. The number of carboxylic acid groups (broad SMARTS) is 1. The van der Waals surface area contributed by atoms with Crippen molar-refractivity contribution < 1.29 is 9.90 Å². The van der Waals surface area contributed by atoms with E-state index in [4.69, 9.17) is 5.11 Å². The summed E-state index contributed by atoms with van der Waals surface area (Å²) in [5.74, 6) is -0.704. The average molecular weight is 312 g/mol. The van der Waals surface area contributed by atoms with Crippen LogP contribution in [0.2, 0.25) is 0 Å². The minimum Gasteiger partial charge on any atom is -0.481 e. The lowest BCUT2D eigenvalue weighted by Gasteiger charge is -2.24. The minimum atomic E-state index is -0.704. The molecule has 3 nitrogen and oxygen atoms in total. The summed E-state index contributed by atoms with van der Waals surface area (Å²) < 4.78 is 1.10. The molecule has 0 aromatic heterocycles.